The fourth-order valence-corrected chi connectivity index (χ4v) is 8.71. The second kappa shape index (κ2) is 11.2. The molecule has 0 bridgehead atoms. The van der Waals surface area contributed by atoms with Crippen LogP contribution in [0.3, 0.4) is 0 Å². The summed E-state index contributed by atoms with van der Waals surface area (Å²) in [5, 5.41) is 35.9. The molecule has 45 heavy (non-hydrogen) atoms. The number of aliphatic hydroxyl groups excluding tert-OH is 2. The highest BCUT2D eigenvalue weighted by Crippen LogP contribution is 2.68. The van der Waals surface area contributed by atoms with Crippen LogP contribution in [0.15, 0.2) is 41.5 Å². The van der Waals surface area contributed by atoms with Gasteiger partial charge in [0.1, 0.15) is 30.5 Å². The van der Waals surface area contributed by atoms with Crippen LogP contribution in [0.25, 0.3) is 0 Å². The van der Waals surface area contributed by atoms with E-state index in [-0.39, 0.29) is 30.6 Å². The molecule has 12 nitrogen and oxygen atoms in total. The van der Waals surface area contributed by atoms with Gasteiger partial charge in [0.15, 0.2) is 5.60 Å². The highest BCUT2D eigenvalue weighted by atomic mass is 16.6. The molecule has 1 heterocycles. The zero-order chi connectivity index (χ0) is 33.3. The molecule has 0 aromatic heterocycles. The Morgan fingerprint density at radius 3 is 2.07 bits per heavy atom. The van der Waals surface area contributed by atoms with Crippen molar-refractivity contribution in [3.8, 4) is 0 Å². The van der Waals surface area contributed by atoms with Crippen LogP contribution in [-0.4, -0.2) is 93.6 Å². The van der Waals surface area contributed by atoms with Crippen molar-refractivity contribution in [2.75, 3.05) is 6.61 Å². The second-order valence-electron chi connectivity index (χ2n) is 13.5. The smallest absolute Gasteiger partial charge is 0.338 e. The number of aliphatic hydroxyl groups is 3. The highest BCUT2D eigenvalue weighted by Gasteiger charge is 2.80. The van der Waals surface area contributed by atoms with Crippen LogP contribution >= 0.6 is 0 Å². The molecule has 4 aliphatic rings. The molecule has 1 aromatic carbocycles. The molecule has 5 rings (SSSR count). The van der Waals surface area contributed by atoms with Gasteiger partial charge in [-0.3, -0.25) is 14.4 Å². The monoisotopic (exact) mass is 630 g/mol. The Balaban J connectivity index is 1.88. The maximum Gasteiger partial charge on any atom is 0.338 e. The van der Waals surface area contributed by atoms with Crippen LogP contribution in [0.5, 0.6) is 0 Å². The molecule has 3 fully saturated rings. The number of carbonyl (C=O) groups is 4. The maximum absolute atomic E-state index is 13.8. The molecule has 0 amide bonds. The van der Waals surface area contributed by atoms with Crippen LogP contribution in [0.1, 0.15) is 71.7 Å². The number of hydrogen-bond acceptors (Lipinski definition) is 12. The maximum atomic E-state index is 13.8. The zero-order valence-electron chi connectivity index (χ0n) is 26.6. The minimum atomic E-state index is -1.78. The Morgan fingerprint density at radius 1 is 0.933 bits per heavy atom. The quantitative estimate of drug-likeness (QED) is 0.237. The summed E-state index contributed by atoms with van der Waals surface area (Å²) in [5.74, 6) is -4.08. The second-order valence-corrected chi connectivity index (χ2v) is 13.5. The lowest BCUT2D eigenvalue weighted by Gasteiger charge is -2.65. The molecule has 1 saturated heterocycles. The van der Waals surface area contributed by atoms with Crippen molar-refractivity contribution in [3.63, 3.8) is 0 Å². The topological polar surface area (TPSA) is 175 Å². The number of hydrogen-bond donors (Lipinski definition) is 3. The third kappa shape index (κ3) is 4.88. The van der Waals surface area contributed by atoms with E-state index in [4.69, 9.17) is 23.7 Å². The molecule has 246 valence electrons. The lowest BCUT2D eigenvalue weighted by atomic mass is 9.49. The predicted molar refractivity (Wildman–Crippen MR) is 155 cm³/mol. The van der Waals surface area contributed by atoms with E-state index in [1.54, 1.807) is 44.2 Å². The average Bonchev–Trinajstić information content (AvgIpc) is 3.18. The van der Waals surface area contributed by atoms with Crippen LogP contribution in [0.4, 0.5) is 0 Å². The highest BCUT2D eigenvalue weighted by molar-refractivity contribution is 5.89. The van der Waals surface area contributed by atoms with Crippen molar-refractivity contribution in [1.82, 2.24) is 0 Å². The van der Waals surface area contributed by atoms with Crippen molar-refractivity contribution in [2.24, 2.45) is 16.7 Å². The molecule has 0 spiro atoms. The van der Waals surface area contributed by atoms with E-state index in [1.807, 2.05) is 0 Å². The summed E-state index contributed by atoms with van der Waals surface area (Å²) in [6.45, 7) is 9.66. The molecule has 2 saturated carbocycles. The van der Waals surface area contributed by atoms with Crippen molar-refractivity contribution in [1.29, 1.82) is 0 Å². The van der Waals surface area contributed by atoms with Gasteiger partial charge in [-0.2, -0.15) is 0 Å². The number of esters is 4. The molecule has 1 aliphatic heterocycles. The summed E-state index contributed by atoms with van der Waals surface area (Å²) in [6.07, 6.45) is -7.94. The van der Waals surface area contributed by atoms with Gasteiger partial charge in [-0.1, -0.05) is 25.1 Å². The fourth-order valence-electron chi connectivity index (χ4n) is 8.71. The summed E-state index contributed by atoms with van der Waals surface area (Å²) in [4.78, 5) is 52.1. The number of benzene rings is 1. The lowest BCUT2D eigenvalue weighted by Crippen LogP contribution is -2.79. The Morgan fingerprint density at radius 2 is 1.56 bits per heavy atom. The lowest BCUT2D eigenvalue weighted by molar-refractivity contribution is -0.352. The van der Waals surface area contributed by atoms with Gasteiger partial charge >= 0.3 is 23.9 Å². The van der Waals surface area contributed by atoms with Crippen LogP contribution in [-0.2, 0) is 38.1 Å². The predicted octanol–water partition coefficient (Wildman–Crippen LogP) is 2.02. The largest absolute Gasteiger partial charge is 0.462 e. The van der Waals surface area contributed by atoms with Gasteiger partial charge in [0.2, 0.25) is 0 Å². The van der Waals surface area contributed by atoms with E-state index >= 15 is 0 Å². The molecule has 10 atom stereocenters. The van der Waals surface area contributed by atoms with Crippen LogP contribution in [0, 0.1) is 16.7 Å². The molecule has 12 heteroatoms. The minimum Gasteiger partial charge on any atom is -0.462 e. The van der Waals surface area contributed by atoms with E-state index < -0.39 is 88.5 Å². The van der Waals surface area contributed by atoms with E-state index in [0.717, 1.165) is 0 Å². The summed E-state index contributed by atoms with van der Waals surface area (Å²) in [5.41, 5.74) is -6.00. The zero-order valence-corrected chi connectivity index (χ0v) is 26.6. The molecule has 3 N–H and O–H groups in total. The third-order valence-corrected chi connectivity index (χ3v) is 10.5. The fraction of sp³-hybridized carbons (Fsp3) is 0.636. The van der Waals surface area contributed by atoms with Crippen molar-refractivity contribution < 1.29 is 58.2 Å². The van der Waals surface area contributed by atoms with Gasteiger partial charge in [-0.05, 0) is 50.5 Å². The molecule has 3 aliphatic carbocycles. The van der Waals surface area contributed by atoms with E-state index in [9.17, 15) is 34.5 Å². The van der Waals surface area contributed by atoms with Gasteiger partial charge in [-0.15, -0.1) is 0 Å². The number of carbonyl (C=O) groups excluding carboxylic acids is 4. The van der Waals surface area contributed by atoms with Gasteiger partial charge in [0.25, 0.3) is 0 Å². The Bertz CT molecular complexity index is 1410. The molecule has 1 aromatic rings. The Kier molecular flexibility index (Phi) is 8.21. The van der Waals surface area contributed by atoms with E-state index in [2.05, 4.69) is 0 Å². The van der Waals surface area contributed by atoms with Gasteiger partial charge in [0, 0.05) is 27.2 Å². The normalized spacial score (nSPS) is 38.8. The summed E-state index contributed by atoms with van der Waals surface area (Å²) in [6, 6.07) is 8.10. The Labute approximate surface area is 261 Å². The molecular formula is C33H42O12. The first-order valence-electron chi connectivity index (χ1n) is 15.1. The number of rotatable bonds is 6. The molecular weight excluding hydrogens is 588 g/mol. The van der Waals surface area contributed by atoms with Crippen molar-refractivity contribution in [2.45, 2.75) is 109 Å². The molecule has 0 radical (unpaired) electrons. The summed E-state index contributed by atoms with van der Waals surface area (Å²) < 4.78 is 30.3. The number of ether oxygens (including phenoxy) is 5. The molecule has 1 unspecified atom stereocenters. The van der Waals surface area contributed by atoms with Crippen LogP contribution in [0.2, 0.25) is 0 Å². The van der Waals surface area contributed by atoms with Crippen LogP contribution < -0.4 is 0 Å². The number of fused-ring (bicyclic) bond motifs is 4. The third-order valence-electron chi connectivity index (χ3n) is 10.5. The van der Waals surface area contributed by atoms with Gasteiger partial charge < -0.3 is 39.0 Å². The first kappa shape index (κ1) is 33.1. The van der Waals surface area contributed by atoms with Gasteiger partial charge in [-0.25, -0.2) is 4.79 Å². The van der Waals surface area contributed by atoms with Crippen molar-refractivity contribution in [3.05, 3.63) is 47.0 Å². The standard InChI is InChI=1S/C33H42O12/c1-16-21(37)14-32(30(5,6)40)24(16)25(38)27(44-29(39)20-11-9-8-10-12-20)31(7)22(42-17(2)34)13-23-33(15-41-23,45-19(4)36)26(31)28(32)43-18(3)35/h8-12,21-23,25-28,37-38,40H,13-15H2,1-7H3/t21-,22-,23+,25+,26?,27-,28-,31+,32-,33-/m0/s1. The summed E-state index contributed by atoms with van der Waals surface area (Å²) in [7, 11) is 0. The first-order chi connectivity index (χ1) is 20.9. The van der Waals surface area contributed by atoms with E-state index in [0.29, 0.717) is 5.57 Å². The summed E-state index contributed by atoms with van der Waals surface area (Å²) >= 11 is 0. The minimum absolute atomic E-state index is 0.00503. The SMILES string of the molecule is CC(=O)O[C@H]1C[C@H]2OC[C@@]2(OC(C)=O)C2[C@H](OC(C)=O)[C@]3(C(C)(C)O)C[C@H](O)C(C)=C3[C@@H](O)[C@H](OC(=O)c3ccccc3)[C@@]21C. The average molecular weight is 631 g/mol. The van der Waals surface area contributed by atoms with Crippen molar-refractivity contribution >= 4 is 23.9 Å². The first-order valence-corrected chi connectivity index (χ1v) is 15.1. The van der Waals surface area contributed by atoms with Gasteiger partial charge in [0.05, 0.1) is 40.6 Å². The van der Waals surface area contributed by atoms with E-state index in [1.165, 1.54) is 34.6 Å². The Hall–Kier alpha value is -3.32.